The molecule has 3 fully saturated rings. The number of nitrogens with zero attached hydrogens (tertiary/aromatic N) is 3. The van der Waals surface area contributed by atoms with Gasteiger partial charge in [-0.1, -0.05) is 13.8 Å². The smallest absolute Gasteiger partial charge is 0.332 e. The molecule has 0 unspecified atom stereocenters. The lowest BCUT2D eigenvalue weighted by Crippen LogP contribution is -2.46. The van der Waals surface area contributed by atoms with Gasteiger partial charge in [-0.05, 0) is 63.2 Å². The molecule has 2 bridgehead atoms. The Morgan fingerprint density at radius 1 is 1.00 bits per heavy atom. The first-order valence-electron chi connectivity index (χ1n) is 11.5. The molecule has 1 aliphatic heterocycles. The van der Waals surface area contributed by atoms with Crippen LogP contribution in [0.1, 0.15) is 83.6 Å². The molecule has 3 aliphatic carbocycles. The Morgan fingerprint density at radius 2 is 1.60 bits per heavy atom. The molecule has 0 amide bonds. The average molecular weight is 416 g/mol. The molecule has 4 aliphatic rings. The summed E-state index contributed by atoms with van der Waals surface area (Å²) in [7, 11) is 0. The minimum atomic E-state index is -0.709. The summed E-state index contributed by atoms with van der Waals surface area (Å²) < 4.78 is 3.10. The molecule has 7 heteroatoms. The number of carboxylic acid groups (broad SMARTS) is 1. The summed E-state index contributed by atoms with van der Waals surface area (Å²) in [4.78, 5) is 42.0. The summed E-state index contributed by atoms with van der Waals surface area (Å²) in [5.41, 5.74) is 1.56. The van der Waals surface area contributed by atoms with Crippen LogP contribution in [-0.2, 0) is 24.3 Å². The topological polar surface area (TPSA) is 93.7 Å². The van der Waals surface area contributed by atoms with Crippen LogP contribution in [0.3, 0.4) is 0 Å². The van der Waals surface area contributed by atoms with E-state index >= 15 is 0 Å². The van der Waals surface area contributed by atoms with Gasteiger partial charge in [0.2, 0.25) is 0 Å². The third kappa shape index (κ3) is 3.36. The van der Waals surface area contributed by atoms with E-state index in [1.165, 1.54) is 4.57 Å². The first-order valence-corrected chi connectivity index (χ1v) is 11.5. The van der Waals surface area contributed by atoms with E-state index in [0.717, 1.165) is 63.5 Å². The Hall–Kier alpha value is -2.18. The van der Waals surface area contributed by atoms with Gasteiger partial charge in [-0.2, -0.15) is 0 Å². The number of aliphatic imine (C=N–C) groups is 1. The summed E-state index contributed by atoms with van der Waals surface area (Å²) in [6, 6.07) is 0. The van der Waals surface area contributed by atoms with Gasteiger partial charge in [0.25, 0.3) is 5.56 Å². The second-order valence-corrected chi connectivity index (χ2v) is 9.60. The molecule has 1 aromatic rings. The fraction of sp³-hybridized carbons (Fsp3) is 0.739. The number of hydrogen-bond donors (Lipinski definition) is 1. The van der Waals surface area contributed by atoms with Gasteiger partial charge in [-0.25, -0.2) is 9.79 Å². The Labute approximate surface area is 176 Å². The summed E-state index contributed by atoms with van der Waals surface area (Å²) >= 11 is 0. The highest BCUT2D eigenvalue weighted by Gasteiger charge is 2.51. The van der Waals surface area contributed by atoms with E-state index in [-0.39, 0.29) is 28.5 Å². The van der Waals surface area contributed by atoms with Crippen LogP contribution in [0.25, 0.3) is 0 Å². The molecule has 0 saturated heterocycles. The van der Waals surface area contributed by atoms with Gasteiger partial charge in [0.05, 0.1) is 5.56 Å². The van der Waals surface area contributed by atoms with E-state index < -0.39 is 5.97 Å². The van der Waals surface area contributed by atoms with E-state index in [1.54, 1.807) is 4.57 Å². The van der Waals surface area contributed by atoms with E-state index in [1.807, 2.05) is 13.8 Å². The molecule has 164 valence electrons. The van der Waals surface area contributed by atoms with Crippen molar-refractivity contribution in [3.63, 3.8) is 0 Å². The van der Waals surface area contributed by atoms with E-state index in [9.17, 15) is 14.4 Å². The zero-order valence-corrected chi connectivity index (χ0v) is 18.2. The number of hydrogen-bond acceptors (Lipinski definition) is 4. The van der Waals surface area contributed by atoms with Crippen LogP contribution in [-0.4, -0.2) is 25.9 Å². The van der Waals surface area contributed by atoms with Crippen LogP contribution < -0.4 is 11.2 Å². The molecular formula is C23H33N3O4. The number of carbonyl (C=O) groups is 1. The Balaban J connectivity index is 1.64. The third-order valence-corrected chi connectivity index (χ3v) is 7.85. The minimum absolute atomic E-state index is 0.0130. The minimum Gasteiger partial charge on any atom is -0.481 e. The highest BCUT2D eigenvalue weighted by atomic mass is 16.4. The number of aromatic nitrogens is 2. The van der Waals surface area contributed by atoms with Crippen LogP contribution in [0.2, 0.25) is 0 Å². The van der Waals surface area contributed by atoms with Crippen molar-refractivity contribution in [2.75, 3.05) is 0 Å². The lowest BCUT2D eigenvalue weighted by molar-refractivity contribution is -0.138. The Bertz CT molecular complexity index is 976. The standard InChI is InChI=1S/C23H33N3O4/c1-3-13-25-19-16(20(29)26(14-4-2)21(25)30)15-17(24-19)23-10-7-22(8-11-23,9-12-23)6-5-18(27)28/h3-15H2,1-2H3,(H,27,28). The fourth-order valence-corrected chi connectivity index (χ4v) is 5.96. The second kappa shape index (κ2) is 7.82. The van der Waals surface area contributed by atoms with Gasteiger partial charge < -0.3 is 5.11 Å². The fourth-order valence-electron chi connectivity index (χ4n) is 5.96. The van der Waals surface area contributed by atoms with Gasteiger partial charge in [-0.3, -0.25) is 18.7 Å². The third-order valence-electron chi connectivity index (χ3n) is 7.85. The van der Waals surface area contributed by atoms with Crippen LogP contribution in [0, 0.1) is 10.8 Å². The Morgan fingerprint density at radius 3 is 2.17 bits per heavy atom. The summed E-state index contributed by atoms with van der Waals surface area (Å²) in [6.45, 7) is 5.03. The highest BCUT2D eigenvalue weighted by molar-refractivity contribution is 5.97. The van der Waals surface area contributed by atoms with Crippen molar-refractivity contribution >= 4 is 17.5 Å². The molecule has 0 spiro atoms. The molecule has 0 aromatic carbocycles. The van der Waals surface area contributed by atoms with E-state index in [4.69, 9.17) is 10.1 Å². The zero-order valence-electron chi connectivity index (χ0n) is 18.2. The number of fused-ring (bicyclic) bond motifs is 4. The van der Waals surface area contributed by atoms with Gasteiger partial charge in [0.1, 0.15) is 5.82 Å². The highest BCUT2D eigenvalue weighted by Crippen LogP contribution is 2.60. The van der Waals surface area contributed by atoms with Crippen molar-refractivity contribution in [2.24, 2.45) is 15.8 Å². The van der Waals surface area contributed by atoms with Crippen molar-refractivity contribution < 1.29 is 9.90 Å². The van der Waals surface area contributed by atoms with Crippen LogP contribution in [0.15, 0.2) is 14.6 Å². The van der Waals surface area contributed by atoms with Crippen LogP contribution >= 0.6 is 0 Å². The second-order valence-electron chi connectivity index (χ2n) is 9.60. The van der Waals surface area contributed by atoms with Gasteiger partial charge in [0.15, 0.2) is 0 Å². The van der Waals surface area contributed by atoms with Crippen molar-refractivity contribution in [2.45, 2.75) is 97.6 Å². The number of aliphatic carboxylic acids is 1. The maximum Gasteiger partial charge on any atom is 0.332 e. The monoisotopic (exact) mass is 415 g/mol. The lowest BCUT2D eigenvalue weighted by Gasteiger charge is -2.53. The summed E-state index contributed by atoms with van der Waals surface area (Å²) in [6.07, 6.45) is 9.30. The summed E-state index contributed by atoms with van der Waals surface area (Å²) in [5.74, 6) is -0.114. The van der Waals surface area contributed by atoms with Gasteiger partial charge >= 0.3 is 11.7 Å². The van der Waals surface area contributed by atoms with Crippen LogP contribution in [0.4, 0.5) is 5.82 Å². The van der Waals surface area contributed by atoms with E-state index in [0.29, 0.717) is 30.9 Å². The first kappa shape index (κ1) is 21.1. The predicted molar refractivity (Wildman–Crippen MR) is 116 cm³/mol. The Kier molecular flexibility index (Phi) is 5.49. The average Bonchev–Trinajstić information content (AvgIpc) is 3.20. The molecule has 5 rings (SSSR count). The quantitative estimate of drug-likeness (QED) is 0.701. The van der Waals surface area contributed by atoms with Crippen molar-refractivity contribution in [3.8, 4) is 0 Å². The molecule has 0 radical (unpaired) electrons. The predicted octanol–water partition coefficient (Wildman–Crippen LogP) is 3.66. The molecule has 30 heavy (non-hydrogen) atoms. The van der Waals surface area contributed by atoms with E-state index in [2.05, 4.69) is 0 Å². The molecule has 1 aromatic heterocycles. The van der Waals surface area contributed by atoms with Crippen LogP contribution in [0.5, 0.6) is 0 Å². The van der Waals surface area contributed by atoms with Gasteiger partial charge in [-0.15, -0.1) is 0 Å². The van der Waals surface area contributed by atoms with Crippen molar-refractivity contribution in [3.05, 3.63) is 26.4 Å². The first-order chi connectivity index (χ1) is 14.3. The molecule has 2 heterocycles. The van der Waals surface area contributed by atoms with Crippen molar-refractivity contribution in [1.29, 1.82) is 0 Å². The lowest BCUT2D eigenvalue weighted by atomic mass is 9.51. The maximum atomic E-state index is 13.1. The largest absolute Gasteiger partial charge is 0.481 e. The number of carboxylic acids is 1. The molecule has 0 atom stereocenters. The van der Waals surface area contributed by atoms with Crippen molar-refractivity contribution in [1.82, 2.24) is 9.13 Å². The zero-order chi connectivity index (χ0) is 21.5. The maximum absolute atomic E-state index is 13.1. The molecular weight excluding hydrogens is 382 g/mol. The number of rotatable bonds is 8. The molecule has 3 saturated carbocycles. The summed E-state index contributed by atoms with van der Waals surface area (Å²) in [5, 5.41) is 9.09. The normalized spacial score (nSPS) is 27.2. The van der Waals surface area contributed by atoms with Gasteiger partial charge in [0, 0.05) is 37.1 Å². The molecule has 1 N–H and O–H groups in total. The SMILES string of the molecule is CCCn1c2c(c(=O)n(CCC)c1=O)CC(C13CCC(CCC(=O)O)(CC1)CC3)=N2. The molecule has 7 nitrogen and oxygen atoms in total.